The molecule has 0 aromatic heterocycles. The van der Waals surface area contributed by atoms with Crippen molar-refractivity contribution in [2.24, 2.45) is 0 Å². The minimum Gasteiger partial charge on any atom is -0.326 e. The molecule has 1 aromatic rings. The predicted octanol–water partition coefficient (Wildman–Crippen LogP) is 2.90. The van der Waals surface area contributed by atoms with Gasteiger partial charge in [0.2, 0.25) is 5.91 Å². The lowest BCUT2D eigenvalue weighted by Crippen LogP contribution is -2.11. The smallest absolute Gasteiger partial charge is 0.225 e. The van der Waals surface area contributed by atoms with Crippen molar-refractivity contribution in [1.82, 2.24) is 0 Å². The van der Waals surface area contributed by atoms with E-state index < -0.39 is 0 Å². The average molecular weight is 210 g/mol. The molecule has 0 aliphatic rings. The number of nitrogens with one attached hydrogen (secondary N) is 1. The zero-order chi connectivity index (χ0) is 10.4. The molecule has 0 atom stereocenters. The summed E-state index contributed by atoms with van der Waals surface area (Å²) in [7, 11) is 0. The van der Waals surface area contributed by atoms with Crippen LogP contribution in [0.4, 0.5) is 5.69 Å². The molecule has 1 amide bonds. The Labute approximate surface area is 88.6 Å². The highest BCUT2D eigenvalue weighted by atomic mass is 35.5. The maximum atomic E-state index is 11.2. The quantitative estimate of drug-likeness (QED) is 0.760. The van der Waals surface area contributed by atoms with Crippen LogP contribution in [0.15, 0.2) is 30.8 Å². The zero-order valence-corrected chi connectivity index (χ0v) is 8.55. The topological polar surface area (TPSA) is 29.1 Å². The van der Waals surface area contributed by atoms with Crippen molar-refractivity contribution >= 4 is 29.3 Å². The van der Waals surface area contributed by atoms with Crippen LogP contribution >= 0.6 is 11.6 Å². The van der Waals surface area contributed by atoms with E-state index in [0.717, 1.165) is 11.3 Å². The Morgan fingerprint density at radius 2 is 2.07 bits per heavy atom. The van der Waals surface area contributed by atoms with Crippen LogP contribution in [0.25, 0.3) is 6.08 Å². The van der Waals surface area contributed by atoms with E-state index in [2.05, 4.69) is 11.9 Å². The van der Waals surface area contributed by atoms with Gasteiger partial charge in [-0.25, -0.2) is 0 Å². The molecule has 0 saturated carbocycles. The number of hydrogen-bond donors (Lipinski definition) is 1. The van der Waals surface area contributed by atoms with Crippen molar-refractivity contribution in [3.05, 3.63) is 36.4 Å². The monoisotopic (exact) mass is 209 g/mol. The Balaban J connectivity index is 2.59. The summed E-state index contributed by atoms with van der Waals surface area (Å²) in [6, 6.07) is 7.46. The number of benzene rings is 1. The molecule has 0 heterocycles. The zero-order valence-electron chi connectivity index (χ0n) is 7.79. The number of anilines is 1. The number of halogens is 1. The van der Waals surface area contributed by atoms with Crippen LogP contribution in [0.2, 0.25) is 0 Å². The standard InChI is InChI=1S/C11H12ClNO/c1-2-9-3-5-10(6-4-9)13-11(14)7-8-12/h2-6H,1,7-8H2,(H,13,14). The van der Waals surface area contributed by atoms with E-state index in [1.165, 1.54) is 0 Å². The maximum Gasteiger partial charge on any atom is 0.225 e. The van der Waals surface area contributed by atoms with Crippen molar-refractivity contribution in [2.45, 2.75) is 6.42 Å². The first-order valence-corrected chi connectivity index (χ1v) is 4.88. The van der Waals surface area contributed by atoms with Gasteiger partial charge in [0.15, 0.2) is 0 Å². The minimum absolute atomic E-state index is 0.0636. The summed E-state index contributed by atoms with van der Waals surface area (Å²) in [5, 5.41) is 2.74. The van der Waals surface area contributed by atoms with Crippen molar-refractivity contribution in [3.8, 4) is 0 Å². The molecule has 0 saturated heterocycles. The van der Waals surface area contributed by atoms with Gasteiger partial charge in [0, 0.05) is 18.0 Å². The lowest BCUT2D eigenvalue weighted by atomic mass is 10.2. The first kappa shape index (κ1) is 10.8. The Morgan fingerprint density at radius 1 is 1.43 bits per heavy atom. The minimum atomic E-state index is -0.0636. The van der Waals surface area contributed by atoms with E-state index in [1.54, 1.807) is 6.08 Å². The fraction of sp³-hybridized carbons (Fsp3) is 0.182. The fourth-order valence-electron chi connectivity index (χ4n) is 1.01. The van der Waals surface area contributed by atoms with Crippen LogP contribution in [-0.4, -0.2) is 11.8 Å². The summed E-state index contributed by atoms with van der Waals surface area (Å²) >= 11 is 5.44. The van der Waals surface area contributed by atoms with Crippen LogP contribution < -0.4 is 5.32 Å². The molecule has 2 nitrogen and oxygen atoms in total. The summed E-state index contributed by atoms with van der Waals surface area (Å²) in [5.41, 5.74) is 1.81. The van der Waals surface area contributed by atoms with Gasteiger partial charge in [-0.3, -0.25) is 4.79 Å². The van der Waals surface area contributed by atoms with Crippen LogP contribution in [0, 0.1) is 0 Å². The molecule has 14 heavy (non-hydrogen) atoms. The van der Waals surface area contributed by atoms with Crippen molar-refractivity contribution < 1.29 is 4.79 Å². The van der Waals surface area contributed by atoms with E-state index in [9.17, 15) is 4.79 Å². The highest BCUT2D eigenvalue weighted by Crippen LogP contribution is 2.10. The van der Waals surface area contributed by atoms with Crippen molar-refractivity contribution in [1.29, 1.82) is 0 Å². The molecular weight excluding hydrogens is 198 g/mol. The number of amides is 1. The third-order valence-electron chi connectivity index (χ3n) is 1.75. The maximum absolute atomic E-state index is 11.2. The number of rotatable bonds is 4. The molecule has 0 aliphatic heterocycles. The molecule has 74 valence electrons. The molecule has 3 heteroatoms. The van der Waals surface area contributed by atoms with Gasteiger partial charge in [0.1, 0.15) is 0 Å². The predicted molar refractivity (Wildman–Crippen MR) is 60.5 cm³/mol. The largest absolute Gasteiger partial charge is 0.326 e. The Morgan fingerprint density at radius 3 is 2.57 bits per heavy atom. The van der Waals surface area contributed by atoms with Gasteiger partial charge in [0.05, 0.1) is 0 Å². The molecule has 0 aliphatic carbocycles. The van der Waals surface area contributed by atoms with Gasteiger partial charge in [-0.15, -0.1) is 11.6 Å². The van der Waals surface area contributed by atoms with Gasteiger partial charge in [-0.05, 0) is 17.7 Å². The Hall–Kier alpha value is -1.28. The number of hydrogen-bond acceptors (Lipinski definition) is 1. The van der Waals surface area contributed by atoms with Crippen LogP contribution in [-0.2, 0) is 4.79 Å². The van der Waals surface area contributed by atoms with Crippen LogP contribution in [0.3, 0.4) is 0 Å². The number of alkyl halides is 1. The molecule has 0 unspecified atom stereocenters. The van der Waals surface area contributed by atoms with E-state index in [1.807, 2.05) is 24.3 Å². The highest BCUT2D eigenvalue weighted by molar-refractivity contribution is 6.19. The third-order valence-corrected chi connectivity index (χ3v) is 1.94. The summed E-state index contributed by atoms with van der Waals surface area (Å²) in [6.07, 6.45) is 2.09. The summed E-state index contributed by atoms with van der Waals surface area (Å²) in [4.78, 5) is 11.2. The average Bonchev–Trinajstić information content (AvgIpc) is 2.19. The lowest BCUT2D eigenvalue weighted by Gasteiger charge is -2.03. The Bertz CT molecular complexity index is 319. The van der Waals surface area contributed by atoms with Gasteiger partial charge < -0.3 is 5.32 Å². The van der Waals surface area contributed by atoms with E-state index >= 15 is 0 Å². The van der Waals surface area contributed by atoms with Gasteiger partial charge >= 0.3 is 0 Å². The van der Waals surface area contributed by atoms with Crippen LogP contribution in [0.5, 0.6) is 0 Å². The molecule has 1 N–H and O–H groups in total. The fourth-order valence-corrected chi connectivity index (χ4v) is 1.18. The SMILES string of the molecule is C=Cc1ccc(NC(=O)CCCl)cc1. The van der Waals surface area contributed by atoms with Gasteiger partial charge in [-0.1, -0.05) is 24.8 Å². The summed E-state index contributed by atoms with van der Waals surface area (Å²) in [5.74, 6) is 0.280. The van der Waals surface area contributed by atoms with E-state index in [0.29, 0.717) is 12.3 Å². The van der Waals surface area contributed by atoms with Crippen LogP contribution in [0.1, 0.15) is 12.0 Å². The highest BCUT2D eigenvalue weighted by Gasteiger charge is 1.99. The summed E-state index contributed by atoms with van der Waals surface area (Å²) in [6.45, 7) is 3.65. The normalized spacial score (nSPS) is 9.50. The number of carbonyl (C=O) groups excluding carboxylic acids is 1. The third kappa shape index (κ3) is 3.23. The molecule has 0 fully saturated rings. The van der Waals surface area contributed by atoms with E-state index in [4.69, 9.17) is 11.6 Å². The second-order valence-electron chi connectivity index (χ2n) is 2.81. The lowest BCUT2D eigenvalue weighted by molar-refractivity contribution is -0.115. The van der Waals surface area contributed by atoms with Gasteiger partial charge in [0.25, 0.3) is 0 Å². The molecule has 0 radical (unpaired) electrons. The number of carbonyl (C=O) groups is 1. The first-order chi connectivity index (χ1) is 6.76. The molecule has 0 spiro atoms. The Kier molecular flexibility index (Phi) is 4.20. The van der Waals surface area contributed by atoms with Crippen molar-refractivity contribution in [2.75, 3.05) is 11.2 Å². The van der Waals surface area contributed by atoms with E-state index in [-0.39, 0.29) is 5.91 Å². The van der Waals surface area contributed by atoms with Gasteiger partial charge in [-0.2, -0.15) is 0 Å². The molecule has 1 aromatic carbocycles. The first-order valence-electron chi connectivity index (χ1n) is 4.34. The van der Waals surface area contributed by atoms with Crippen molar-refractivity contribution in [3.63, 3.8) is 0 Å². The second-order valence-corrected chi connectivity index (χ2v) is 3.19. The molecule has 0 bridgehead atoms. The molecular formula is C11H12ClNO. The second kappa shape index (κ2) is 5.45. The molecule has 1 rings (SSSR count). The summed E-state index contributed by atoms with van der Waals surface area (Å²) < 4.78 is 0.